The van der Waals surface area contributed by atoms with Crippen molar-refractivity contribution in [3.05, 3.63) is 27.7 Å². The molecule has 0 bridgehead atoms. The molecule has 0 saturated carbocycles. The van der Waals surface area contributed by atoms with Crippen LogP contribution in [0.1, 0.15) is 41.2 Å². The van der Waals surface area contributed by atoms with E-state index < -0.39 is 0 Å². The van der Waals surface area contributed by atoms with Gasteiger partial charge in [-0.3, -0.25) is 10.00 Å². The van der Waals surface area contributed by atoms with Crippen LogP contribution in [0.4, 0.5) is 0 Å². The third-order valence-corrected chi connectivity index (χ3v) is 5.69. The Kier molecular flexibility index (Phi) is 3.71. The smallest absolute Gasteiger partial charge is 0.153 e. The quantitative estimate of drug-likeness (QED) is 0.939. The minimum Gasteiger partial charge on any atom is -0.365 e. The van der Waals surface area contributed by atoms with Gasteiger partial charge in [-0.2, -0.15) is 5.10 Å². The van der Waals surface area contributed by atoms with Crippen molar-refractivity contribution in [2.45, 2.75) is 45.4 Å². The monoisotopic (exact) mass is 319 g/mol. The molecule has 0 aromatic carbocycles. The molecule has 0 unspecified atom stereocenters. The van der Waals surface area contributed by atoms with Crippen molar-refractivity contribution in [2.24, 2.45) is 5.92 Å². The maximum atomic E-state index is 6.26. The standard InChI is InChI=1S/C15H21N5OS/c1-9-14(22-8-16-9)7-20-4-3-11-5-12(21-13(11)6-20)15-17-10(2)18-19-15/h8,11-13H,3-7H2,1-2H3,(H,17,18,19)/t11-,12-,13+/m0/s1. The molecule has 2 aliphatic heterocycles. The summed E-state index contributed by atoms with van der Waals surface area (Å²) in [5.41, 5.74) is 3.10. The highest BCUT2D eigenvalue weighted by molar-refractivity contribution is 7.09. The van der Waals surface area contributed by atoms with Crippen LogP contribution in [-0.4, -0.2) is 44.3 Å². The van der Waals surface area contributed by atoms with Crippen LogP contribution >= 0.6 is 11.3 Å². The molecule has 2 fully saturated rings. The van der Waals surface area contributed by atoms with Crippen LogP contribution in [0.2, 0.25) is 0 Å². The molecule has 2 saturated heterocycles. The molecule has 2 aliphatic rings. The number of rotatable bonds is 3. The number of ether oxygens (including phenoxy) is 1. The van der Waals surface area contributed by atoms with Gasteiger partial charge < -0.3 is 4.74 Å². The molecule has 0 radical (unpaired) electrons. The van der Waals surface area contributed by atoms with Crippen molar-refractivity contribution in [2.75, 3.05) is 13.1 Å². The number of likely N-dealkylation sites (tertiary alicyclic amines) is 1. The number of nitrogens with zero attached hydrogens (tertiary/aromatic N) is 4. The molecule has 0 amide bonds. The van der Waals surface area contributed by atoms with Gasteiger partial charge in [0.1, 0.15) is 11.9 Å². The van der Waals surface area contributed by atoms with Crippen LogP contribution in [0.5, 0.6) is 0 Å². The summed E-state index contributed by atoms with van der Waals surface area (Å²) >= 11 is 1.75. The molecule has 2 aromatic heterocycles. The van der Waals surface area contributed by atoms with Crippen molar-refractivity contribution >= 4 is 11.3 Å². The molecule has 22 heavy (non-hydrogen) atoms. The minimum atomic E-state index is 0.0845. The summed E-state index contributed by atoms with van der Waals surface area (Å²) in [4.78, 5) is 12.6. The number of aromatic nitrogens is 4. The van der Waals surface area contributed by atoms with Crippen molar-refractivity contribution in [3.8, 4) is 0 Å². The van der Waals surface area contributed by atoms with Crippen molar-refractivity contribution in [1.29, 1.82) is 0 Å². The van der Waals surface area contributed by atoms with Crippen molar-refractivity contribution in [3.63, 3.8) is 0 Å². The number of aryl methyl sites for hydroxylation is 2. The normalized spacial score (nSPS) is 28.9. The first-order valence-electron chi connectivity index (χ1n) is 7.84. The lowest BCUT2D eigenvalue weighted by Crippen LogP contribution is -2.41. The van der Waals surface area contributed by atoms with E-state index in [4.69, 9.17) is 4.74 Å². The highest BCUT2D eigenvalue weighted by Crippen LogP contribution is 2.40. The van der Waals surface area contributed by atoms with Gasteiger partial charge in [0.15, 0.2) is 5.82 Å². The summed E-state index contributed by atoms with van der Waals surface area (Å²) < 4.78 is 6.26. The average Bonchev–Trinajstić information content (AvgIpc) is 3.19. The molecule has 4 heterocycles. The largest absolute Gasteiger partial charge is 0.365 e. The average molecular weight is 319 g/mol. The third-order valence-electron chi connectivity index (χ3n) is 4.77. The van der Waals surface area contributed by atoms with E-state index in [1.807, 2.05) is 12.4 Å². The first-order valence-corrected chi connectivity index (χ1v) is 8.72. The predicted octanol–water partition coefficient (Wildman–Crippen LogP) is 2.23. The SMILES string of the molecule is Cc1n[nH]c([C@@H]2C[C@@H]3CCN(Cc4scnc4C)C[C@H]3O2)n1. The molecule has 118 valence electrons. The molecular weight excluding hydrogens is 298 g/mol. The molecule has 0 spiro atoms. The Morgan fingerprint density at radius 2 is 2.36 bits per heavy atom. The number of piperidine rings is 1. The molecule has 3 atom stereocenters. The Morgan fingerprint density at radius 1 is 1.45 bits per heavy atom. The topological polar surface area (TPSA) is 66.9 Å². The minimum absolute atomic E-state index is 0.0845. The number of hydrogen-bond acceptors (Lipinski definition) is 6. The maximum absolute atomic E-state index is 6.26. The molecule has 4 rings (SSSR count). The summed E-state index contributed by atoms with van der Waals surface area (Å²) in [7, 11) is 0. The number of thiazole rings is 1. The van der Waals surface area contributed by atoms with E-state index in [2.05, 4.69) is 32.0 Å². The van der Waals surface area contributed by atoms with Gasteiger partial charge in [-0.05, 0) is 39.2 Å². The summed E-state index contributed by atoms with van der Waals surface area (Å²) in [6.07, 6.45) is 2.66. The zero-order valence-electron chi connectivity index (χ0n) is 13.0. The van der Waals surface area contributed by atoms with E-state index in [0.29, 0.717) is 12.0 Å². The number of fused-ring (bicyclic) bond motifs is 1. The summed E-state index contributed by atoms with van der Waals surface area (Å²) in [6.45, 7) is 7.14. The van der Waals surface area contributed by atoms with Crippen LogP contribution in [0.25, 0.3) is 0 Å². The second-order valence-corrected chi connectivity index (χ2v) is 7.25. The molecule has 1 N–H and O–H groups in total. The Labute approximate surface area is 133 Å². The van der Waals surface area contributed by atoms with Crippen LogP contribution < -0.4 is 0 Å². The summed E-state index contributed by atoms with van der Waals surface area (Å²) in [5, 5.41) is 7.13. The summed E-state index contributed by atoms with van der Waals surface area (Å²) in [6, 6.07) is 0. The van der Waals surface area contributed by atoms with Gasteiger partial charge in [0.05, 0.1) is 17.3 Å². The van der Waals surface area contributed by atoms with E-state index in [9.17, 15) is 0 Å². The molecule has 7 heteroatoms. The zero-order chi connectivity index (χ0) is 15.1. The maximum Gasteiger partial charge on any atom is 0.153 e. The number of aromatic amines is 1. The first-order chi connectivity index (χ1) is 10.7. The zero-order valence-corrected chi connectivity index (χ0v) is 13.8. The van der Waals surface area contributed by atoms with Gasteiger partial charge in [0, 0.05) is 18.0 Å². The summed E-state index contributed by atoms with van der Waals surface area (Å²) in [5.74, 6) is 2.32. The second kappa shape index (κ2) is 5.72. The van der Waals surface area contributed by atoms with Crippen LogP contribution in [0.15, 0.2) is 5.51 Å². The highest BCUT2D eigenvalue weighted by atomic mass is 32.1. The molecule has 6 nitrogen and oxygen atoms in total. The van der Waals surface area contributed by atoms with Crippen LogP contribution in [-0.2, 0) is 11.3 Å². The lowest BCUT2D eigenvalue weighted by atomic mass is 9.91. The van der Waals surface area contributed by atoms with Crippen LogP contribution in [0.3, 0.4) is 0 Å². The fraction of sp³-hybridized carbons (Fsp3) is 0.667. The molecule has 2 aromatic rings. The molecule has 0 aliphatic carbocycles. The molecular formula is C15H21N5OS. The van der Waals surface area contributed by atoms with Gasteiger partial charge in [-0.25, -0.2) is 9.97 Å². The number of H-pyrrole nitrogens is 1. The van der Waals surface area contributed by atoms with E-state index in [1.165, 1.54) is 11.3 Å². The third kappa shape index (κ3) is 2.68. The Bertz CT molecular complexity index is 654. The Balaban J connectivity index is 1.40. The van der Waals surface area contributed by atoms with Gasteiger partial charge in [-0.15, -0.1) is 11.3 Å². The van der Waals surface area contributed by atoms with E-state index in [0.717, 1.165) is 43.4 Å². The fourth-order valence-corrected chi connectivity index (χ4v) is 4.32. The van der Waals surface area contributed by atoms with Gasteiger partial charge in [0.2, 0.25) is 0 Å². The lowest BCUT2D eigenvalue weighted by molar-refractivity contribution is -0.0117. The number of hydrogen-bond donors (Lipinski definition) is 1. The van der Waals surface area contributed by atoms with Crippen LogP contribution in [0, 0.1) is 19.8 Å². The van der Waals surface area contributed by atoms with E-state index in [-0.39, 0.29) is 6.10 Å². The lowest BCUT2D eigenvalue weighted by Gasteiger charge is -2.33. The second-order valence-electron chi connectivity index (χ2n) is 6.31. The highest BCUT2D eigenvalue weighted by Gasteiger charge is 2.40. The van der Waals surface area contributed by atoms with Gasteiger partial charge in [0.25, 0.3) is 0 Å². The predicted molar refractivity (Wildman–Crippen MR) is 83.6 cm³/mol. The number of nitrogens with one attached hydrogen (secondary N) is 1. The Morgan fingerprint density at radius 3 is 3.09 bits per heavy atom. The Hall–Kier alpha value is -1.31. The van der Waals surface area contributed by atoms with Gasteiger partial charge in [-0.1, -0.05) is 0 Å². The van der Waals surface area contributed by atoms with E-state index in [1.54, 1.807) is 11.3 Å². The van der Waals surface area contributed by atoms with E-state index >= 15 is 0 Å². The van der Waals surface area contributed by atoms with Crippen molar-refractivity contribution in [1.82, 2.24) is 25.1 Å². The van der Waals surface area contributed by atoms with Gasteiger partial charge >= 0.3 is 0 Å². The fourth-order valence-electron chi connectivity index (χ4n) is 3.50. The van der Waals surface area contributed by atoms with Crippen molar-refractivity contribution < 1.29 is 4.74 Å². The first kappa shape index (κ1) is 14.3.